The van der Waals surface area contributed by atoms with Crippen LogP contribution in [0.25, 0.3) is 0 Å². The van der Waals surface area contributed by atoms with Crippen molar-refractivity contribution in [1.82, 2.24) is 10.6 Å². The Labute approximate surface area is 126 Å². The maximum Gasteiger partial charge on any atom is 0.237 e. The number of rotatable bonds is 3. The normalized spacial score (nSPS) is 33.7. The van der Waals surface area contributed by atoms with Gasteiger partial charge in [0.2, 0.25) is 5.91 Å². The number of benzene rings is 1. The molecule has 3 unspecified atom stereocenters. The third-order valence-electron chi connectivity index (χ3n) is 5.82. The summed E-state index contributed by atoms with van der Waals surface area (Å²) in [6.07, 6.45) is 6.39. The van der Waals surface area contributed by atoms with E-state index in [1.54, 1.807) is 0 Å². The van der Waals surface area contributed by atoms with Crippen molar-refractivity contribution >= 4 is 5.91 Å². The van der Waals surface area contributed by atoms with Gasteiger partial charge in [-0.1, -0.05) is 30.7 Å². The van der Waals surface area contributed by atoms with E-state index in [0.717, 1.165) is 37.3 Å². The Morgan fingerprint density at radius 3 is 2.81 bits per heavy atom. The van der Waals surface area contributed by atoms with E-state index in [1.807, 2.05) is 0 Å². The average Bonchev–Trinajstić information content (AvgIpc) is 3.15. The minimum atomic E-state index is -0.0570. The fraction of sp³-hybridized carbons (Fsp3) is 0.611. The molecular weight excluding hydrogens is 260 g/mol. The second-order valence-corrected chi connectivity index (χ2v) is 7.09. The summed E-state index contributed by atoms with van der Waals surface area (Å²) >= 11 is 0. The Kier molecular flexibility index (Phi) is 3.46. The van der Waals surface area contributed by atoms with Crippen LogP contribution in [-0.2, 0) is 17.8 Å². The van der Waals surface area contributed by atoms with Crippen LogP contribution in [0.5, 0.6) is 0 Å². The van der Waals surface area contributed by atoms with E-state index < -0.39 is 0 Å². The fourth-order valence-corrected chi connectivity index (χ4v) is 4.62. The van der Waals surface area contributed by atoms with Gasteiger partial charge in [0, 0.05) is 13.1 Å². The predicted octanol–water partition coefficient (Wildman–Crippen LogP) is 2.25. The smallest absolute Gasteiger partial charge is 0.237 e. The number of hydrogen-bond acceptors (Lipinski definition) is 2. The fourth-order valence-electron chi connectivity index (χ4n) is 4.62. The Balaban J connectivity index is 1.32. The van der Waals surface area contributed by atoms with Crippen LogP contribution in [0.3, 0.4) is 0 Å². The molecule has 1 aromatic carbocycles. The summed E-state index contributed by atoms with van der Waals surface area (Å²) in [5.74, 6) is 2.77. The first-order chi connectivity index (χ1) is 10.3. The number of fused-ring (bicyclic) bond motifs is 3. The van der Waals surface area contributed by atoms with Gasteiger partial charge in [0.25, 0.3) is 0 Å². The lowest BCUT2D eigenvalue weighted by molar-refractivity contribution is -0.123. The van der Waals surface area contributed by atoms with Crippen LogP contribution in [0.15, 0.2) is 24.3 Å². The monoisotopic (exact) mass is 284 g/mol. The molecule has 2 bridgehead atoms. The topological polar surface area (TPSA) is 41.1 Å². The van der Waals surface area contributed by atoms with Gasteiger partial charge < -0.3 is 10.6 Å². The maximum absolute atomic E-state index is 12.4. The number of nitrogens with one attached hydrogen (secondary N) is 2. The molecule has 1 aromatic rings. The maximum atomic E-state index is 12.4. The van der Waals surface area contributed by atoms with Crippen molar-refractivity contribution in [2.45, 2.75) is 44.7 Å². The van der Waals surface area contributed by atoms with Crippen molar-refractivity contribution in [2.75, 3.05) is 6.54 Å². The van der Waals surface area contributed by atoms with E-state index in [2.05, 4.69) is 34.9 Å². The highest BCUT2D eigenvalue weighted by atomic mass is 16.2. The van der Waals surface area contributed by atoms with Gasteiger partial charge in [-0.25, -0.2) is 0 Å². The first-order valence-corrected chi connectivity index (χ1v) is 8.37. The molecular formula is C18H24N2O. The van der Waals surface area contributed by atoms with E-state index in [9.17, 15) is 4.79 Å². The Hall–Kier alpha value is -1.35. The minimum absolute atomic E-state index is 0.0570. The van der Waals surface area contributed by atoms with Crippen LogP contribution in [-0.4, -0.2) is 18.5 Å². The standard InChI is InChI=1S/C18H24N2O/c21-18(20-11-16-8-12-5-6-14(16)7-12)17-9-13-3-1-2-4-15(13)10-19-17/h1-4,12,14,16-17,19H,5-11H2,(H,20,21)/t12?,14?,16?,17-/m0/s1. The molecule has 1 heterocycles. The Morgan fingerprint density at radius 2 is 2.05 bits per heavy atom. The summed E-state index contributed by atoms with van der Waals surface area (Å²) in [5, 5.41) is 6.58. The molecule has 0 spiro atoms. The molecule has 21 heavy (non-hydrogen) atoms. The largest absolute Gasteiger partial charge is 0.354 e. The van der Waals surface area contributed by atoms with E-state index in [0.29, 0.717) is 0 Å². The molecule has 3 nitrogen and oxygen atoms in total. The number of carbonyl (C=O) groups is 1. The lowest BCUT2D eigenvalue weighted by atomic mass is 9.88. The van der Waals surface area contributed by atoms with Crippen molar-refractivity contribution in [2.24, 2.45) is 17.8 Å². The molecule has 4 atom stereocenters. The van der Waals surface area contributed by atoms with Crippen molar-refractivity contribution in [1.29, 1.82) is 0 Å². The van der Waals surface area contributed by atoms with Gasteiger partial charge in [-0.05, 0) is 54.6 Å². The SMILES string of the molecule is O=C(NCC1CC2CCC1C2)[C@@H]1Cc2ccccc2CN1. The zero-order chi connectivity index (χ0) is 14.2. The van der Waals surface area contributed by atoms with Crippen LogP contribution in [0.1, 0.15) is 36.8 Å². The summed E-state index contributed by atoms with van der Waals surface area (Å²) in [6.45, 7) is 1.70. The van der Waals surface area contributed by atoms with Crippen LogP contribution in [0, 0.1) is 17.8 Å². The van der Waals surface area contributed by atoms with Crippen LogP contribution >= 0.6 is 0 Å². The molecule has 2 N–H and O–H groups in total. The third-order valence-corrected chi connectivity index (χ3v) is 5.82. The summed E-state index contributed by atoms with van der Waals surface area (Å²) in [4.78, 5) is 12.4. The van der Waals surface area contributed by atoms with Crippen LogP contribution in [0.2, 0.25) is 0 Å². The summed E-state index contributed by atoms with van der Waals surface area (Å²) < 4.78 is 0. The van der Waals surface area contributed by atoms with E-state index in [4.69, 9.17) is 0 Å². The quantitative estimate of drug-likeness (QED) is 0.894. The molecule has 0 saturated heterocycles. The van der Waals surface area contributed by atoms with Gasteiger partial charge in [0.1, 0.15) is 0 Å². The van der Waals surface area contributed by atoms with Gasteiger partial charge in [-0.3, -0.25) is 4.79 Å². The molecule has 2 fully saturated rings. The lowest BCUT2D eigenvalue weighted by Gasteiger charge is -2.27. The second kappa shape index (κ2) is 5.45. The zero-order valence-corrected chi connectivity index (χ0v) is 12.5. The van der Waals surface area contributed by atoms with Crippen molar-refractivity contribution in [3.05, 3.63) is 35.4 Å². The second-order valence-electron chi connectivity index (χ2n) is 7.09. The molecule has 112 valence electrons. The molecule has 0 aromatic heterocycles. The molecule has 3 aliphatic rings. The molecule has 2 aliphatic carbocycles. The van der Waals surface area contributed by atoms with Crippen LogP contribution < -0.4 is 10.6 Å². The summed E-state index contributed by atoms with van der Waals surface area (Å²) in [5.41, 5.74) is 2.64. The molecule has 1 aliphatic heterocycles. The van der Waals surface area contributed by atoms with Crippen molar-refractivity contribution in [3.8, 4) is 0 Å². The van der Waals surface area contributed by atoms with E-state index >= 15 is 0 Å². The molecule has 4 rings (SSSR count). The van der Waals surface area contributed by atoms with Crippen molar-refractivity contribution < 1.29 is 4.79 Å². The van der Waals surface area contributed by atoms with E-state index in [1.165, 1.54) is 36.8 Å². The third kappa shape index (κ3) is 2.59. The average molecular weight is 284 g/mol. The highest BCUT2D eigenvalue weighted by Gasteiger charge is 2.39. The van der Waals surface area contributed by atoms with Gasteiger partial charge >= 0.3 is 0 Å². The van der Waals surface area contributed by atoms with Crippen LogP contribution in [0.4, 0.5) is 0 Å². The highest BCUT2D eigenvalue weighted by Crippen LogP contribution is 2.47. The number of carbonyl (C=O) groups excluding carboxylic acids is 1. The van der Waals surface area contributed by atoms with Crippen molar-refractivity contribution in [3.63, 3.8) is 0 Å². The first kappa shape index (κ1) is 13.3. The summed E-state index contributed by atoms with van der Waals surface area (Å²) in [6, 6.07) is 8.36. The number of hydrogen-bond donors (Lipinski definition) is 2. The highest BCUT2D eigenvalue weighted by molar-refractivity contribution is 5.82. The van der Waals surface area contributed by atoms with Gasteiger partial charge in [-0.2, -0.15) is 0 Å². The molecule has 2 saturated carbocycles. The minimum Gasteiger partial charge on any atom is -0.354 e. The molecule has 1 amide bonds. The Morgan fingerprint density at radius 1 is 1.19 bits per heavy atom. The lowest BCUT2D eigenvalue weighted by Crippen LogP contribution is -2.48. The molecule has 3 heteroatoms. The van der Waals surface area contributed by atoms with E-state index in [-0.39, 0.29) is 11.9 Å². The predicted molar refractivity (Wildman–Crippen MR) is 82.7 cm³/mol. The number of amides is 1. The summed E-state index contributed by atoms with van der Waals surface area (Å²) in [7, 11) is 0. The zero-order valence-electron chi connectivity index (χ0n) is 12.5. The van der Waals surface area contributed by atoms with Gasteiger partial charge in [0.05, 0.1) is 6.04 Å². The Bertz CT molecular complexity index is 542. The first-order valence-electron chi connectivity index (χ1n) is 8.37. The van der Waals surface area contributed by atoms with Gasteiger partial charge in [0.15, 0.2) is 0 Å². The molecule has 0 radical (unpaired) electrons. The van der Waals surface area contributed by atoms with Gasteiger partial charge in [-0.15, -0.1) is 0 Å².